The van der Waals surface area contributed by atoms with Crippen molar-refractivity contribution in [2.24, 2.45) is 0 Å². The summed E-state index contributed by atoms with van der Waals surface area (Å²) >= 11 is 0. The van der Waals surface area contributed by atoms with Crippen molar-refractivity contribution in [3.63, 3.8) is 0 Å². The number of benzene rings is 1. The molecule has 0 aliphatic carbocycles. The number of nitrogens with one attached hydrogen (secondary N) is 1. The molecule has 0 aromatic heterocycles. The number of hydrogen-bond acceptors (Lipinski definition) is 3. The van der Waals surface area contributed by atoms with Gasteiger partial charge >= 0.3 is 0 Å². The molecule has 1 N–H and O–H groups in total. The molecule has 0 saturated carbocycles. The Bertz CT molecular complexity index is 479. The number of hydrogen-bond donors (Lipinski definition) is 1. The van der Waals surface area contributed by atoms with Gasteiger partial charge in [-0.05, 0) is 48.2 Å². The van der Waals surface area contributed by atoms with Crippen molar-refractivity contribution in [3.05, 3.63) is 29.8 Å². The molecular weight excluding hydrogens is 290 g/mol. The highest BCUT2D eigenvalue weighted by Gasteiger charge is 2.38. The molecule has 1 heterocycles. The predicted molar refractivity (Wildman–Crippen MR) is 95.3 cm³/mol. The third-order valence-electron chi connectivity index (χ3n) is 5.26. The zero-order valence-corrected chi connectivity index (χ0v) is 15.9. The Morgan fingerprint density at radius 2 is 1.82 bits per heavy atom. The van der Waals surface area contributed by atoms with Crippen LogP contribution in [0.3, 0.4) is 0 Å². The van der Waals surface area contributed by atoms with Gasteiger partial charge in [0.05, 0.1) is 7.11 Å². The van der Waals surface area contributed by atoms with E-state index in [1.54, 1.807) is 7.11 Å². The standard InChI is InChI=1S/C18H31NO2Si/c1-18(2,3)22(5,6)21-13-16-11-15(12-19-16)14-7-9-17(20-4)10-8-14/h7-10,15-16,19H,11-13H2,1-6H3/t15-,16-/m0/s1. The fraction of sp³-hybridized carbons (Fsp3) is 0.667. The zero-order valence-electron chi connectivity index (χ0n) is 14.9. The van der Waals surface area contributed by atoms with E-state index in [1.165, 1.54) is 5.56 Å². The van der Waals surface area contributed by atoms with Crippen LogP contribution in [-0.2, 0) is 4.43 Å². The second-order valence-electron chi connectivity index (χ2n) is 7.88. The van der Waals surface area contributed by atoms with Gasteiger partial charge in [-0.2, -0.15) is 0 Å². The average Bonchev–Trinajstić information content (AvgIpc) is 2.93. The summed E-state index contributed by atoms with van der Waals surface area (Å²) in [6.45, 7) is 13.4. The van der Waals surface area contributed by atoms with Gasteiger partial charge in [-0.25, -0.2) is 0 Å². The Kier molecular flexibility index (Phi) is 5.36. The molecule has 124 valence electrons. The summed E-state index contributed by atoms with van der Waals surface area (Å²) in [5.74, 6) is 1.51. The molecule has 0 radical (unpaired) electrons. The molecular formula is C18H31NO2Si. The van der Waals surface area contributed by atoms with Crippen LogP contribution < -0.4 is 10.1 Å². The Labute approximate surface area is 136 Å². The molecule has 2 atom stereocenters. The van der Waals surface area contributed by atoms with E-state index < -0.39 is 8.32 Å². The molecule has 0 unspecified atom stereocenters. The molecule has 1 fully saturated rings. The van der Waals surface area contributed by atoms with Crippen LogP contribution in [0.25, 0.3) is 0 Å². The van der Waals surface area contributed by atoms with E-state index in [9.17, 15) is 0 Å². The lowest BCUT2D eigenvalue weighted by molar-refractivity contribution is 0.252. The molecule has 0 amide bonds. The molecule has 1 aliphatic heterocycles. The van der Waals surface area contributed by atoms with Gasteiger partial charge in [-0.3, -0.25) is 0 Å². The van der Waals surface area contributed by atoms with Crippen LogP contribution in [0.15, 0.2) is 24.3 Å². The van der Waals surface area contributed by atoms with Crippen molar-refractivity contribution in [3.8, 4) is 5.75 Å². The lowest BCUT2D eigenvalue weighted by Gasteiger charge is -2.37. The van der Waals surface area contributed by atoms with E-state index in [0.717, 1.165) is 25.3 Å². The largest absolute Gasteiger partial charge is 0.497 e. The highest BCUT2D eigenvalue weighted by molar-refractivity contribution is 6.74. The summed E-state index contributed by atoms with van der Waals surface area (Å²) in [4.78, 5) is 0. The summed E-state index contributed by atoms with van der Waals surface area (Å²) in [6, 6.07) is 8.94. The lowest BCUT2D eigenvalue weighted by Crippen LogP contribution is -2.43. The summed E-state index contributed by atoms with van der Waals surface area (Å²) in [6.07, 6.45) is 1.15. The zero-order chi connectivity index (χ0) is 16.4. The van der Waals surface area contributed by atoms with Crippen molar-refractivity contribution in [1.29, 1.82) is 0 Å². The molecule has 1 aromatic carbocycles. The quantitative estimate of drug-likeness (QED) is 0.826. The SMILES string of the molecule is COc1ccc([C@@H]2CN[C@H](CO[Si](C)(C)C(C)(C)C)C2)cc1. The fourth-order valence-corrected chi connectivity index (χ4v) is 3.65. The van der Waals surface area contributed by atoms with Crippen LogP contribution in [0.2, 0.25) is 18.1 Å². The van der Waals surface area contributed by atoms with Crippen LogP contribution in [0.1, 0.15) is 38.7 Å². The first kappa shape index (κ1) is 17.5. The highest BCUT2D eigenvalue weighted by atomic mass is 28.4. The number of rotatable bonds is 5. The van der Waals surface area contributed by atoms with Gasteiger partial charge < -0.3 is 14.5 Å². The van der Waals surface area contributed by atoms with Crippen LogP contribution in [0.5, 0.6) is 5.75 Å². The van der Waals surface area contributed by atoms with Crippen molar-refractivity contribution in [1.82, 2.24) is 5.32 Å². The summed E-state index contributed by atoms with van der Waals surface area (Å²) in [7, 11) is 0.0660. The van der Waals surface area contributed by atoms with E-state index in [1.807, 2.05) is 0 Å². The van der Waals surface area contributed by atoms with Gasteiger partial charge in [0.2, 0.25) is 0 Å². The van der Waals surface area contributed by atoms with Crippen LogP contribution >= 0.6 is 0 Å². The van der Waals surface area contributed by atoms with Gasteiger partial charge in [0, 0.05) is 19.2 Å². The van der Waals surface area contributed by atoms with Gasteiger partial charge in [0.25, 0.3) is 0 Å². The van der Waals surface area contributed by atoms with Crippen LogP contribution in [0.4, 0.5) is 0 Å². The van der Waals surface area contributed by atoms with Crippen LogP contribution in [0, 0.1) is 0 Å². The minimum atomic E-state index is -1.64. The lowest BCUT2D eigenvalue weighted by atomic mass is 9.96. The smallest absolute Gasteiger partial charge is 0.192 e. The van der Waals surface area contributed by atoms with Gasteiger partial charge in [0.1, 0.15) is 5.75 Å². The molecule has 2 rings (SSSR count). The average molecular weight is 322 g/mol. The molecule has 0 spiro atoms. The third kappa shape index (κ3) is 4.12. The molecule has 1 saturated heterocycles. The Morgan fingerprint density at radius 1 is 1.18 bits per heavy atom. The monoisotopic (exact) mass is 321 g/mol. The maximum absolute atomic E-state index is 6.35. The van der Waals surface area contributed by atoms with Gasteiger partial charge in [-0.1, -0.05) is 32.9 Å². The summed E-state index contributed by atoms with van der Waals surface area (Å²) < 4.78 is 11.6. The number of ether oxygens (including phenoxy) is 1. The second kappa shape index (κ2) is 6.73. The maximum atomic E-state index is 6.35. The van der Waals surface area contributed by atoms with Crippen molar-refractivity contribution in [2.75, 3.05) is 20.3 Å². The maximum Gasteiger partial charge on any atom is 0.192 e. The van der Waals surface area contributed by atoms with E-state index in [4.69, 9.17) is 9.16 Å². The molecule has 0 bridgehead atoms. The Hall–Kier alpha value is -0.843. The highest BCUT2D eigenvalue weighted by Crippen LogP contribution is 2.37. The third-order valence-corrected chi connectivity index (χ3v) is 9.76. The first-order valence-corrected chi connectivity index (χ1v) is 11.1. The van der Waals surface area contributed by atoms with Crippen LogP contribution in [-0.4, -0.2) is 34.6 Å². The first-order valence-electron chi connectivity index (χ1n) is 8.24. The Balaban J connectivity index is 1.87. The molecule has 1 aromatic rings. The minimum Gasteiger partial charge on any atom is -0.497 e. The predicted octanol–water partition coefficient (Wildman–Crippen LogP) is 4.16. The van der Waals surface area contributed by atoms with E-state index in [0.29, 0.717) is 12.0 Å². The minimum absolute atomic E-state index is 0.279. The first-order chi connectivity index (χ1) is 10.2. The van der Waals surface area contributed by atoms with Crippen molar-refractivity contribution < 1.29 is 9.16 Å². The second-order valence-corrected chi connectivity index (χ2v) is 12.7. The summed E-state index contributed by atoms with van der Waals surface area (Å²) in [5.41, 5.74) is 1.39. The Morgan fingerprint density at radius 3 is 2.36 bits per heavy atom. The molecule has 1 aliphatic rings. The van der Waals surface area contributed by atoms with Gasteiger partial charge in [-0.15, -0.1) is 0 Å². The van der Waals surface area contributed by atoms with Crippen molar-refractivity contribution >= 4 is 8.32 Å². The van der Waals surface area contributed by atoms with E-state index in [-0.39, 0.29) is 5.04 Å². The summed E-state index contributed by atoms with van der Waals surface area (Å²) in [5, 5.41) is 3.90. The topological polar surface area (TPSA) is 30.5 Å². The van der Waals surface area contributed by atoms with E-state index in [2.05, 4.69) is 63.4 Å². The molecule has 4 heteroatoms. The van der Waals surface area contributed by atoms with Crippen molar-refractivity contribution in [2.45, 2.75) is 57.3 Å². The fourth-order valence-electron chi connectivity index (χ4n) is 2.60. The molecule has 3 nitrogen and oxygen atoms in total. The normalized spacial score (nSPS) is 22.8. The molecule has 22 heavy (non-hydrogen) atoms. The van der Waals surface area contributed by atoms with E-state index >= 15 is 0 Å². The number of methoxy groups -OCH3 is 1. The van der Waals surface area contributed by atoms with Gasteiger partial charge in [0.15, 0.2) is 8.32 Å².